The summed E-state index contributed by atoms with van der Waals surface area (Å²) in [7, 11) is 1.73. The normalized spacial score (nSPS) is 22.1. The summed E-state index contributed by atoms with van der Waals surface area (Å²) in [6.45, 7) is 1.16. The maximum Gasteiger partial charge on any atom is 0.118 e. The summed E-state index contributed by atoms with van der Waals surface area (Å²) in [6.07, 6.45) is 8.16. The number of methoxy groups -OCH3 is 1. The highest BCUT2D eigenvalue weighted by Crippen LogP contribution is 2.41. The van der Waals surface area contributed by atoms with Crippen molar-refractivity contribution >= 4 is 0 Å². The highest BCUT2D eigenvalue weighted by molar-refractivity contribution is 5.33. The molecule has 1 aromatic rings. The van der Waals surface area contributed by atoms with Gasteiger partial charge >= 0.3 is 0 Å². The molecule has 2 nitrogen and oxygen atoms in total. The predicted octanol–water partition coefficient (Wildman–Crippen LogP) is 3.26. The topological polar surface area (TPSA) is 21.3 Å². The van der Waals surface area contributed by atoms with Gasteiger partial charge in [0.2, 0.25) is 0 Å². The molecule has 0 bridgehead atoms. The van der Waals surface area contributed by atoms with E-state index < -0.39 is 0 Å². The monoisotopic (exact) mass is 245 g/mol. The Hall–Kier alpha value is -1.02. The molecule has 2 aliphatic rings. The van der Waals surface area contributed by atoms with E-state index in [0.29, 0.717) is 5.41 Å². The van der Waals surface area contributed by atoms with Crippen molar-refractivity contribution < 1.29 is 4.74 Å². The van der Waals surface area contributed by atoms with E-state index >= 15 is 0 Å². The van der Waals surface area contributed by atoms with E-state index in [-0.39, 0.29) is 0 Å². The lowest BCUT2D eigenvalue weighted by Crippen LogP contribution is -2.36. The van der Waals surface area contributed by atoms with Gasteiger partial charge in [-0.2, -0.15) is 0 Å². The lowest BCUT2D eigenvalue weighted by molar-refractivity contribution is 0.398. The molecule has 0 unspecified atom stereocenters. The fourth-order valence-corrected chi connectivity index (χ4v) is 3.19. The van der Waals surface area contributed by atoms with E-state index in [4.69, 9.17) is 4.74 Å². The van der Waals surface area contributed by atoms with Crippen LogP contribution in [-0.4, -0.2) is 19.7 Å². The lowest BCUT2D eigenvalue weighted by atomic mass is 9.78. The maximum absolute atomic E-state index is 5.26. The molecule has 18 heavy (non-hydrogen) atoms. The third kappa shape index (κ3) is 2.39. The molecule has 0 aliphatic heterocycles. The highest BCUT2D eigenvalue weighted by atomic mass is 16.5. The maximum atomic E-state index is 5.26. The van der Waals surface area contributed by atoms with Crippen LogP contribution in [-0.2, 0) is 5.41 Å². The minimum absolute atomic E-state index is 0.384. The Balaban J connectivity index is 1.77. The van der Waals surface area contributed by atoms with Crippen molar-refractivity contribution in [1.82, 2.24) is 5.32 Å². The summed E-state index contributed by atoms with van der Waals surface area (Å²) >= 11 is 0. The van der Waals surface area contributed by atoms with E-state index in [9.17, 15) is 0 Å². The Kier molecular flexibility index (Phi) is 3.29. The number of nitrogens with one attached hydrogen (secondary N) is 1. The van der Waals surface area contributed by atoms with Gasteiger partial charge in [-0.3, -0.25) is 0 Å². The molecule has 1 N–H and O–H groups in total. The second-order valence-corrected chi connectivity index (χ2v) is 5.87. The molecule has 3 rings (SSSR count). The van der Waals surface area contributed by atoms with Crippen molar-refractivity contribution in [2.45, 2.75) is 50.0 Å². The molecule has 98 valence electrons. The van der Waals surface area contributed by atoms with Gasteiger partial charge in [0.1, 0.15) is 5.75 Å². The van der Waals surface area contributed by atoms with Crippen molar-refractivity contribution in [1.29, 1.82) is 0 Å². The van der Waals surface area contributed by atoms with Crippen molar-refractivity contribution in [2.24, 2.45) is 0 Å². The number of rotatable bonds is 5. The average molecular weight is 245 g/mol. The quantitative estimate of drug-likeness (QED) is 0.859. The first-order chi connectivity index (χ1) is 8.82. The van der Waals surface area contributed by atoms with Crippen LogP contribution in [0.2, 0.25) is 0 Å². The van der Waals surface area contributed by atoms with E-state index in [1.54, 1.807) is 7.11 Å². The largest absolute Gasteiger partial charge is 0.497 e. The van der Waals surface area contributed by atoms with Crippen molar-refractivity contribution in [3.8, 4) is 5.75 Å². The van der Waals surface area contributed by atoms with Crippen LogP contribution in [0.15, 0.2) is 24.3 Å². The molecular weight excluding hydrogens is 222 g/mol. The van der Waals surface area contributed by atoms with Crippen LogP contribution < -0.4 is 10.1 Å². The fraction of sp³-hybridized carbons (Fsp3) is 0.625. The summed E-state index contributed by atoms with van der Waals surface area (Å²) in [5.41, 5.74) is 1.88. The summed E-state index contributed by atoms with van der Waals surface area (Å²) in [4.78, 5) is 0. The summed E-state index contributed by atoms with van der Waals surface area (Å²) < 4.78 is 5.26. The third-order valence-electron chi connectivity index (χ3n) is 4.57. The molecule has 0 spiro atoms. The van der Waals surface area contributed by atoms with Crippen LogP contribution in [0.25, 0.3) is 0 Å². The molecule has 0 heterocycles. The van der Waals surface area contributed by atoms with Crippen LogP contribution in [0.5, 0.6) is 5.75 Å². The molecule has 2 fully saturated rings. The first-order valence-corrected chi connectivity index (χ1v) is 7.20. The van der Waals surface area contributed by atoms with E-state index in [2.05, 4.69) is 29.6 Å². The van der Waals surface area contributed by atoms with Crippen LogP contribution >= 0.6 is 0 Å². The number of benzene rings is 1. The molecule has 2 saturated carbocycles. The van der Waals surface area contributed by atoms with E-state index in [0.717, 1.165) is 18.3 Å². The van der Waals surface area contributed by atoms with Crippen LogP contribution in [0.3, 0.4) is 0 Å². The fourth-order valence-electron chi connectivity index (χ4n) is 3.19. The Labute approximate surface area is 110 Å². The molecule has 0 aromatic heterocycles. The zero-order valence-corrected chi connectivity index (χ0v) is 11.2. The Morgan fingerprint density at radius 1 is 1.17 bits per heavy atom. The van der Waals surface area contributed by atoms with Gasteiger partial charge in [-0.25, -0.2) is 0 Å². The van der Waals surface area contributed by atoms with Crippen LogP contribution in [0.4, 0.5) is 0 Å². The van der Waals surface area contributed by atoms with Crippen molar-refractivity contribution in [3.05, 3.63) is 29.8 Å². The Morgan fingerprint density at radius 2 is 1.83 bits per heavy atom. The molecule has 2 heteroatoms. The zero-order valence-electron chi connectivity index (χ0n) is 11.2. The highest BCUT2D eigenvalue weighted by Gasteiger charge is 2.36. The standard InChI is InChI=1S/C16H23NO/c1-18-15-8-4-13(5-9-15)16(10-2-3-11-16)12-17-14-6-7-14/h4-5,8-9,14,17H,2-3,6-7,10-12H2,1H3. The second-order valence-electron chi connectivity index (χ2n) is 5.87. The van der Waals surface area contributed by atoms with Crippen LogP contribution in [0, 0.1) is 0 Å². The third-order valence-corrected chi connectivity index (χ3v) is 4.57. The molecule has 2 aliphatic carbocycles. The minimum atomic E-state index is 0.384. The van der Waals surface area contributed by atoms with E-state index in [1.165, 1.54) is 44.1 Å². The molecule has 1 aromatic carbocycles. The Morgan fingerprint density at radius 3 is 2.39 bits per heavy atom. The van der Waals surface area contributed by atoms with E-state index in [1.807, 2.05) is 0 Å². The second kappa shape index (κ2) is 4.93. The molecular formula is C16H23NO. The number of ether oxygens (including phenoxy) is 1. The van der Waals surface area contributed by atoms with Crippen molar-refractivity contribution in [3.63, 3.8) is 0 Å². The number of hydrogen-bond acceptors (Lipinski definition) is 2. The SMILES string of the molecule is COc1ccc(C2(CNC3CC3)CCCC2)cc1. The molecule has 0 amide bonds. The zero-order chi connectivity index (χ0) is 12.4. The lowest BCUT2D eigenvalue weighted by Gasteiger charge is -2.30. The van der Waals surface area contributed by atoms with Gasteiger partial charge < -0.3 is 10.1 Å². The van der Waals surface area contributed by atoms with Crippen molar-refractivity contribution in [2.75, 3.05) is 13.7 Å². The Bertz CT molecular complexity index is 388. The van der Waals surface area contributed by atoms with Crippen LogP contribution in [0.1, 0.15) is 44.1 Å². The minimum Gasteiger partial charge on any atom is -0.497 e. The average Bonchev–Trinajstić information content (AvgIpc) is 3.14. The summed E-state index contributed by atoms with van der Waals surface area (Å²) in [5, 5.41) is 3.74. The van der Waals surface area contributed by atoms with Gasteiger partial charge in [0.25, 0.3) is 0 Å². The van der Waals surface area contributed by atoms with Gasteiger partial charge in [0.15, 0.2) is 0 Å². The molecule has 0 saturated heterocycles. The first kappa shape index (κ1) is 12.0. The smallest absolute Gasteiger partial charge is 0.118 e. The van der Waals surface area contributed by atoms with Gasteiger partial charge in [-0.05, 0) is 43.4 Å². The van der Waals surface area contributed by atoms with Gasteiger partial charge in [-0.1, -0.05) is 25.0 Å². The summed E-state index contributed by atoms with van der Waals surface area (Å²) in [5.74, 6) is 0.960. The van der Waals surface area contributed by atoms with Gasteiger partial charge in [-0.15, -0.1) is 0 Å². The molecule has 0 radical (unpaired) electrons. The van der Waals surface area contributed by atoms with Gasteiger partial charge in [0.05, 0.1) is 7.11 Å². The van der Waals surface area contributed by atoms with Gasteiger partial charge in [0, 0.05) is 18.0 Å². The predicted molar refractivity (Wildman–Crippen MR) is 74.2 cm³/mol. The number of hydrogen-bond donors (Lipinski definition) is 1. The first-order valence-electron chi connectivity index (χ1n) is 7.20. The molecule has 0 atom stereocenters. The summed E-state index contributed by atoms with van der Waals surface area (Å²) in [6, 6.07) is 9.54.